The molecule has 106 valence electrons. The highest BCUT2D eigenvalue weighted by Crippen LogP contribution is 2.30. The van der Waals surface area contributed by atoms with E-state index in [1.54, 1.807) is 0 Å². The first-order valence-electron chi connectivity index (χ1n) is 6.66. The van der Waals surface area contributed by atoms with Crippen LogP contribution in [0.1, 0.15) is 39.3 Å². The summed E-state index contributed by atoms with van der Waals surface area (Å²) >= 11 is 6.40. The fourth-order valence-electron chi connectivity index (χ4n) is 2.09. The third-order valence-electron chi connectivity index (χ3n) is 3.32. The Kier molecular flexibility index (Phi) is 5.45. The van der Waals surface area contributed by atoms with Crippen molar-refractivity contribution >= 4 is 17.3 Å². The minimum atomic E-state index is 0.0354. The number of halogens is 1. The Morgan fingerprint density at radius 1 is 1.42 bits per heavy atom. The normalized spacial score (nSPS) is 13.2. The molecule has 0 spiro atoms. The summed E-state index contributed by atoms with van der Waals surface area (Å²) in [6.45, 7) is 13.3. The lowest BCUT2D eigenvalue weighted by Crippen LogP contribution is -2.41. The zero-order valence-corrected chi connectivity index (χ0v) is 13.4. The van der Waals surface area contributed by atoms with E-state index in [0.717, 1.165) is 22.8 Å². The Morgan fingerprint density at radius 3 is 2.47 bits per heavy atom. The Labute approximate surface area is 122 Å². The second-order valence-corrected chi connectivity index (χ2v) is 6.19. The molecule has 0 aliphatic carbocycles. The molecule has 1 aromatic rings. The van der Waals surface area contributed by atoms with E-state index >= 15 is 0 Å². The molecule has 19 heavy (non-hydrogen) atoms. The first-order valence-corrected chi connectivity index (χ1v) is 7.04. The Morgan fingerprint density at radius 2 is 2.05 bits per heavy atom. The van der Waals surface area contributed by atoms with Crippen LogP contribution >= 0.6 is 11.6 Å². The number of hydrogen-bond acceptors (Lipinski definition) is 2. The molecule has 0 aliphatic rings. The molecule has 2 nitrogen and oxygen atoms in total. The summed E-state index contributed by atoms with van der Waals surface area (Å²) in [5.74, 6) is 0. The van der Waals surface area contributed by atoms with Crippen LogP contribution in [-0.2, 0) is 0 Å². The summed E-state index contributed by atoms with van der Waals surface area (Å²) in [6.07, 6.45) is 1.92. The number of anilines is 1. The fraction of sp³-hybridized carbons (Fsp3) is 0.500. The molecule has 1 N–H and O–H groups in total. The minimum Gasteiger partial charge on any atom is -0.363 e. The van der Waals surface area contributed by atoms with Gasteiger partial charge in [0, 0.05) is 28.8 Å². The lowest BCUT2D eigenvalue weighted by Gasteiger charge is -2.37. The van der Waals surface area contributed by atoms with Crippen molar-refractivity contribution in [1.29, 1.82) is 0 Å². The van der Waals surface area contributed by atoms with Crippen molar-refractivity contribution in [2.45, 2.75) is 39.3 Å². The highest BCUT2D eigenvalue weighted by molar-refractivity contribution is 6.31. The molecule has 1 aromatic carbocycles. The third kappa shape index (κ3) is 3.99. The van der Waals surface area contributed by atoms with Gasteiger partial charge in [-0.1, -0.05) is 23.7 Å². The number of benzene rings is 1. The molecule has 0 amide bonds. The van der Waals surface area contributed by atoms with Crippen LogP contribution in [0, 0.1) is 0 Å². The van der Waals surface area contributed by atoms with Crippen LogP contribution in [0.4, 0.5) is 5.69 Å². The second kappa shape index (κ2) is 6.44. The molecule has 0 radical (unpaired) electrons. The van der Waals surface area contributed by atoms with Gasteiger partial charge in [-0.25, -0.2) is 0 Å². The van der Waals surface area contributed by atoms with Gasteiger partial charge in [0.05, 0.1) is 0 Å². The molecule has 0 aliphatic heterocycles. The number of rotatable bonds is 5. The first-order chi connectivity index (χ1) is 8.81. The maximum absolute atomic E-state index is 6.40. The highest BCUT2D eigenvalue weighted by Gasteiger charge is 2.21. The molecule has 0 heterocycles. The summed E-state index contributed by atoms with van der Waals surface area (Å²) in [4.78, 5) is 2.29. The topological polar surface area (TPSA) is 15.3 Å². The highest BCUT2D eigenvalue weighted by atomic mass is 35.5. The monoisotopic (exact) mass is 280 g/mol. The van der Waals surface area contributed by atoms with E-state index in [-0.39, 0.29) is 11.6 Å². The summed E-state index contributed by atoms with van der Waals surface area (Å²) < 4.78 is 0. The lowest BCUT2D eigenvalue weighted by molar-refractivity contribution is 0.522. The van der Waals surface area contributed by atoms with E-state index in [1.165, 1.54) is 0 Å². The van der Waals surface area contributed by atoms with Crippen molar-refractivity contribution in [1.82, 2.24) is 5.32 Å². The Balaban J connectivity index is 3.14. The predicted molar refractivity (Wildman–Crippen MR) is 86.2 cm³/mol. The average Bonchev–Trinajstić information content (AvgIpc) is 2.33. The van der Waals surface area contributed by atoms with Crippen LogP contribution in [0.3, 0.4) is 0 Å². The molecule has 1 unspecified atom stereocenters. The zero-order valence-electron chi connectivity index (χ0n) is 12.6. The van der Waals surface area contributed by atoms with Gasteiger partial charge in [-0.2, -0.15) is 0 Å². The molecule has 3 heteroatoms. The van der Waals surface area contributed by atoms with Gasteiger partial charge in [-0.3, -0.25) is 0 Å². The molecular weight excluding hydrogens is 256 g/mol. The van der Waals surface area contributed by atoms with Crippen molar-refractivity contribution in [3.63, 3.8) is 0 Å². The zero-order chi connectivity index (χ0) is 14.6. The summed E-state index contributed by atoms with van der Waals surface area (Å²) in [6, 6.07) is 6.52. The summed E-state index contributed by atoms with van der Waals surface area (Å²) in [5.41, 5.74) is 2.29. The largest absolute Gasteiger partial charge is 0.363 e. The number of nitrogens with zero attached hydrogens (tertiary/aromatic N) is 1. The lowest BCUT2D eigenvalue weighted by atomic mass is 10.0. The van der Waals surface area contributed by atoms with Gasteiger partial charge in [0.25, 0.3) is 0 Å². The molecule has 0 aromatic heterocycles. The van der Waals surface area contributed by atoms with E-state index in [4.69, 9.17) is 11.6 Å². The molecule has 0 bridgehead atoms. The maximum atomic E-state index is 6.40. The van der Waals surface area contributed by atoms with Gasteiger partial charge in [0.15, 0.2) is 0 Å². The summed E-state index contributed by atoms with van der Waals surface area (Å²) in [7, 11) is 1.94. The summed E-state index contributed by atoms with van der Waals surface area (Å²) in [5, 5.41) is 4.02. The van der Waals surface area contributed by atoms with Crippen molar-refractivity contribution in [3.05, 3.63) is 41.4 Å². The van der Waals surface area contributed by atoms with Crippen LogP contribution in [0.15, 0.2) is 30.9 Å². The molecule has 0 fully saturated rings. The molecular formula is C16H25ClN2. The van der Waals surface area contributed by atoms with Gasteiger partial charge >= 0.3 is 0 Å². The second-order valence-electron chi connectivity index (χ2n) is 5.79. The van der Waals surface area contributed by atoms with Gasteiger partial charge in [-0.05, 0) is 52.4 Å². The van der Waals surface area contributed by atoms with E-state index in [2.05, 4.69) is 56.6 Å². The average molecular weight is 281 g/mol. The van der Waals surface area contributed by atoms with Crippen LogP contribution in [0.2, 0.25) is 5.02 Å². The Bertz CT molecular complexity index is 435. The quantitative estimate of drug-likeness (QED) is 0.804. The maximum Gasteiger partial charge on any atom is 0.0474 e. The predicted octanol–water partition coefficient (Wildman–Crippen LogP) is 4.41. The molecule has 0 saturated carbocycles. The van der Waals surface area contributed by atoms with E-state index in [1.807, 2.05) is 19.2 Å². The fourth-order valence-corrected chi connectivity index (χ4v) is 2.42. The SMILES string of the molecule is C=CCN(c1ccc(C(C)NC)c(Cl)c1)C(C)(C)C. The van der Waals surface area contributed by atoms with Gasteiger partial charge in [0.1, 0.15) is 0 Å². The van der Waals surface area contributed by atoms with Crippen LogP contribution in [0.25, 0.3) is 0 Å². The molecule has 1 rings (SSSR count). The van der Waals surface area contributed by atoms with Gasteiger partial charge < -0.3 is 10.2 Å². The Hall–Kier alpha value is -0.990. The smallest absolute Gasteiger partial charge is 0.0474 e. The van der Waals surface area contributed by atoms with E-state index in [9.17, 15) is 0 Å². The third-order valence-corrected chi connectivity index (χ3v) is 3.64. The number of nitrogens with one attached hydrogen (secondary N) is 1. The van der Waals surface area contributed by atoms with E-state index in [0.29, 0.717) is 0 Å². The van der Waals surface area contributed by atoms with Crippen molar-refractivity contribution in [2.24, 2.45) is 0 Å². The van der Waals surface area contributed by atoms with E-state index < -0.39 is 0 Å². The number of hydrogen-bond donors (Lipinski definition) is 1. The van der Waals surface area contributed by atoms with Crippen molar-refractivity contribution < 1.29 is 0 Å². The van der Waals surface area contributed by atoms with Crippen LogP contribution < -0.4 is 10.2 Å². The standard InChI is InChI=1S/C16H25ClN2/c1-7-10-19(16(3,4)5)13-8-9-14(12(2)18-6)15(17)11-13/h7-9,11-12,18H,1,10H2,2-6H3. The molecule has 0 saturated heterocycles. The minimum absolute atomic E-state index is 0.0354. The van der Waals surface area contributed by atoms with Gasteiger partial charge in [-0.15, -0.1) is 6.58 Å². The van der Waals surface area contributed by atoms with Crippen molar-refractivity contribution in [3.8, 4) is 0 Å². The van der Waals surface area contributed by atoms with Gasteiger partial charge in [0.2, 0.25) is 0 Å². The van der Waals surface area contributed by atoms with Crippen molar-refractivity contribution in [2.75, 3.05) is 18.5 Å². The first kappa shape index (κ1) is 16.1. The van der Waals surface area contributed by atoms with Crippen LogP contribution in [0.5, 0.6) is 0 Å². The van der Waals surface area contributed by atoms with Crippen LogP contribution in [-0.4, -0.2) is 19.1 Å². The molecule has 1 atom stereocenters.